The number of thioether (sulfide) groups is 1. The largest absolute Gasteiger partial charge is 0.394 e. The first-order valence-electron chi connectivity index (χ1n) is 14.3. The van der Waals surface area contributed by atoms with E-state index in [1.54, 1.807) is 24.4 Å². The number of aliphatic hydroxyl groups excluding tert-OH is 6. The molecular weight excluding hydrogens is 651 g/mol. The second-order valence-electron chi connectivity index (χ2n) is 10.7. The minimum Gasteiger partial charge on any atom is -0.394 e. The van der Waals surface area contributed by atoms with Gasteiger partial charge in [0.1, 0.15) is 58.8 Å². The van der Waals surface area contributed by atoms with Crippen LogP contribution in [0.1, 0.15) is 13.0 Å². The number of nitrogens with zero attached hydrogens (tertiary/aromatic N) is 7. The number of pyridine rings is 1. The molecule has 4 aromatic rings. The van der Waals surface area contributed by atoms with E-state index in [9.17, 15) is 43.8 Å². The number of hydrogen-bond donors (Lipinski definition) is 6. The Morgan fingerprint density at radius 1 is 0.979 bits per heavy atom. The van der Waals surface area contributed by atoms with Crippen molar-refractivity contribution >= 4 is 11.8 Å². The van der Waals surface area contributed by atoms with Crippen molar-refractivity contribution in [2.45, 2.75) is 67.0 Å². The van der Waals surface area contributed by atoms with Crippen molar-refractivity contribution in [3.05, 3.63) is 66.4 Å². The predicted octanol–water partition coefficient (Wildman–Crippen LogP) is -0.125. The highest BCUT2D eigenvalue weighted by atomic mass is 32.2. The van der Waals surface area contributed by atoms with Crippen LogP contribution in [0.5, 0.6) is 0 Å². The number of hydrogen-bond acceptors (Lipinski definition) is 14. The first-order chi connectivity index (χ1) is 22.5. The minimum atomic E-state index is -1.65. The van der Waals surface area contributed by atoms with Crippen molar-refractivity contribution in [3.63, 3.8) is 0 Å². The van der Waals surface area contributed by atoms with Gasteiger partial charge in [-0.1, -0.05) is 28.3 Å². The van der Waals surface area contributed by atoms with Gasteiger partial charge < -0.3 is 40.1 Å². The number of aliphatic hydroxyl groups is 6. The number of ether oxygens (including phenoxy) is 2. The van der Waals surface area contributed by atoms with Crippen molar-refractivity contribution in [2.75, 3.05) is 13.2 Å². The Morgan fingerprint density at radius 3 is 2.34 bits per heavy atom. The van der Waals surface area contributed by atoms with Crippen LogP contribution in [-0.4, -0.2) is 126 Å². The van der Waals surface area contributed by atoms with Gasteiger partial charge in [0, 0.05) is 11.8 Å². The van der Waals surface area contributed by atoms with Gasteiger partial charge in [-0.25, -0.2) is 22.5 Å². The summed E-state index contributed by atoms with van der Waals surface area (Å²) in [4.78, 5) is 4.21. The van der Waals surface area contributed by atoms with Gasteiger partial charge in [-0.3, -0.25) is 4.98 Å². The normalized spacial score (nSPS) is 24.2. The molecule has 0 radical (unpaired) electrons. The first-order valence-corrected chi connectivity index (χ1v) is 15.2. The zero-order valence-electron chi connectivity index (χ0n) is 24.6. The van der Waals surface area contributed by atoms with Crippen LogP contribution < -0.4 is 0 Å². The second-order valence-corrected chi connectivity index (χ2v) is 11.9. The van der Waals surface area contributed by atoms with E-state index in [-0.39, 0.29) is 17.8 Å². The zero-order chi connectivity index (χ0) is 33.8. The maximum Gasteiger partial charge on any atom is 0.194 e. The standard InChI is InChI=1S/C28H32F3N7O8S/c1-13(41)21(11-39)45-27(20(42)10-37-8-18(33-35-37)14-6-15(29)23(31)16(30)7-14)47-28-26(44)24(25(43)22(12-40)46-28)38-9-19(34-36-38)17-4-2-3-5-32-17/h2-9,13,20-22,24-28,39-44H,10-12H2,1H3/t13-,20+,21?,22-,24?,25?,26?,27?,28+/m1/s1. The van der Waals surface area contributed by atoms with Crippen molar-refractivity contribution < 1.29 is 53.3 Å². The second kappa shape index (κ2) is 15.1. The molecule has 0 spiro atoms. The average molecular weight is 684 g/mol. The number of rotatable bonds is 13. The van der Waals surface area contributed by atoms with Crippen molar-refractivity contribution in [3.8, 4) is 22.6 Å². The number of benzene rings is 1. The fraction of sp³-hybridized carbons (Fsp3) is 0.464. The molecule has 1 saturated heterocycles. The molecule has 9 atom stereocenters. The van der Waals surface area contributed by atoms with Gasteiger partial charge in [0.15, 0.2) is 17.5 Å². The van der Waals surface area contributed by atoms with Crippen molar-refractivity contribution in [1.29, 1.82) is 0 Å². The van der Waals surface area contributed by atoms with Crippen LogP contribution in [0.4, 0.5) is 13.2 Å². The molecule has 1 aliphatic heterocycles. The van der Waals surface area contributed by atoms with Crippen molar-refractivity contribution in [1.82, 2.24) is 35.0 Å². The smallest absolute Gasteiger partial charge is 0.194 e. The summed E-state index contributed by atoms with van der Waals surface area (Å²) in [5.74, 6) is -4.50. The van der Waals surface area contributed by atoms with Gasteiger partial charge in [-0.15, -0.1) is 10.2 Å². The molecule has 4 heterocycles. The number of halogens is 3. The van der Waals surface area contributed by atoms with Gasteiger partial charge >= 0.3 is 0 Å². The molecule has 6 N–H and O–H groups in total. The van der Waals surface area contributed by atoms with Crippen LogP contribution in [0.25, 0.3) is 22.6 Å². The van der Waals surface area contributed by atoms with Crippen LogP contribution in [0.15, 0.2) is 48.9 Å². The Hall–Kier alpha value is -3.53. The Bertz CT molecular complexity index is 1600. The third kappa shape index (κ3) is 7.79. The molecular formula is C28H32F3N7O8S. The molecule has 0 saturated carbocycles. The first kappa shape index (κ1) is 34.8. The highest BCUT2D eigenvalue weighted by Gasteiger charge is 2.48. The minimum absolute atomic E-state index is 0.0381. The van der Waals surface area contributed by atoms with Crippen LogP contribution >= 0.6 is 11.8 Å². The molecule has 0 amide bonds. The molecule has 15 nitrogen and oxygen atoms in total. The van der Waals surface area contributed by atoms with Crippen LogP contribution in [0.2, 0.25) is 0 Å². The Kier molecular flexibility index (Phi) is 11.2. The lowest BCUT2D eigenvalue weighted by Crippen LogP contribution is -2.56. The maximum atomic E-state index is 13.8. The summed E-state index contributed by atoms with van der Waals surface area (Å²) >= 11 is 0.729. The summed E-state index contributed by atoms with van der Waals surface area (Å²) in [5.41, 5.74) is -1.97. The van der Waals surface area contributed by atoms with E-state index in [1.165, 1.54) is 24.0 Å². The topological polar surface area (TPSA) is 214 Å². The molecule has 1 aromatic carbocycles. The summed E-state index contributed by atoms with van der Waals surface area (Å²) in [5, 5.41) is 79.4. The van der Waals surface area contributed by atoms with Crippen LogP contribution in [0.3, 0.4) is 0 Å². The molecule has 0 bridgehead atoms. The summed E-state index contributed by atoms with van der Waals surface area (Å²) in [6.45, 7) is -0.315. The van der Waals surface area contributed by atoms with Gasteiger partial charge in [0.2, 0.25) is 0 Å². The monoisotopic (exact) mass is 683 g/mol. The van der Waals surface area contributed by atoms with Gasteiger partial charge in [-0.05, 0) is 31.2 Å². The molecule has 0 aliphatic carbocycles. The van der Waals surface area contributed by atoms with Gasteiger partial charge in [-0.2, -0.15) is 0 Å². The Morgan fingerprint density at radius 2 is 1.70 bits per heavy atom. The molecule has 3 aromatic heterocycles. The summed E-state index contributed by atoms with van der Waals surface area (Å²) in [6.07, 6.45) is -3.87. The maximum absolute atomic E-state index is 13.8. The fourth-order valence-electron chi connectivity index (χ4n) is 4.88. The van der Waals surface area contributed by atoms with Gasteiger partial charge in [0.05, 0.1) is 44.0 Å². The van der Waals surface area contributed by atoms with E-state index in [4.69, 9.17) is 9.47 Å². The molecule has 1 fully saturated rings. The van der Waals surface area contributed by atoms with E-state index in [0.717, 1.165) is 28.6 Å². The molecule has 5 unspecified atom stereocenters. The number of aromatic nitrogens is 7. The summed E-state index contributed by atoms with van der Waals surface area (Å²) < 4.78 is 54.9. The molecule has 47 heavy (non-hydrogen) atoms. The summed E-state index contributed by atoms with van der Waals surface area (Å²) in [7, 11) is 0. The Balaban J connectivity index is 1.38. The van der Waals surface area contributed by atoms with Gasteiger partial charge in [0.25, 0.3) is 0 Å². The third-order valence-corrected chi connectivity index (χ3v) is 8.74. The molecule has 254 valence electrons. The van der Waals surface area contributed by atoms with Crippen LogP contribution in [0, 0.1) is 17.5 Å². The lowest BCUT2D eigenvalue weighted by atomic mass is 9.97. The average Bonchev–Trinajstić information content (AvgIpc) is 3.73. The zero-order valence-corrected chi connectivity index (χ0v) is 25.4. The molecule has 1 aliphatic rings. The molecule has 5 rings (SSSR count). The van der Waals surface area contributed by atoms with E-state index < -0.39 is 84.2 Å². The lowest BCUT2D eigenvalue weighted by Gasteiger charge is -2.43. The Labute approximate surface area is 269 Å². The quantitative estimate of drug-likeness (QED) is 0.0801. The SMILES string of the molecule is C[C@@H](O)C(CO)OC(S[C@@H]1O[C@H](CO)C(O)C(n2cc(-c3ccccn3)nn2)C1O)[C@@H](O)Cn1cc(-c2cc(F)c(F)c(F)c2)nn1. The predicted molar refractivity (Wildman–Crippen MR) is 156 cm³/mol. The lowest BCUT2D eigenvalue weighted by molar-refractivity contribution is -0.180. The van der Waals surface area contributed by atoms with Crippen molar-refractivity contribution in [2.24, 2.45) is 0 Å². The fourth-order valence-corrected chi connectivity index (χ4v) is 6.14. The van der Waals surface area contributed by atoms with E-state index >= 15 is 0 Å². The van der Waals surface area contributed by atoms with E-state index in [1.807, 2.05) is 0 Å². The summed E-state index contributed by atoms with van der Waals surface area (Å²) in [6, 6.07) is 5.43. The van der Waals surface area contributed by atoms with Crippen LogP contribution in [-0.2, 0) is 16.0 Å². The van der Waals surface area contributed by atoms with E-state index in [0.29, 0.717) is 11.4 Å². The van der Waals surface area contributed by atoms with E-state index in [2.05, 4.69) is 25.6 Å². The highest BCUT2D eigenvalue weighted by molar-refractivity contribution is 8.00. The highest BCUT2D eigenvalue weighted by Crippen LogP contribution is 2.38. The molecule has 19 heteroatoms. The third-order valence-electron chi connectivity index (χ3n) is 7.39.